The van der Waals surface area contributed by atoms with Gasteiger partial charge in [-0.1, -0.05) is 18.2 Å². The smallest absolute Gasteiger partial charge is 0.265 e. The molecule has 1 N–H and O–H groups in total. The minimum Gasteiger partial charge on any atom is -0.482 e. The molecule has 4 rings (SSSR count). The molecule has 1 atom stereocenters. The van der Waals surface area contributed by atoms with Gasteiger partial charge in [0.05, 0.1) is 12.2 Å². The van der Waals surface area contributed by atoms with Crippen LogP contribution in [0.15, 0.2) is 30.3 Å². The van der Waals surface area contributed by atoms with Gasteiger partial charge in [-0.05, 0) is 17.7 Å². The molecule has 0 aromatic heterocycles. The predicted molar refractivity (Wildman–Crippen MR) is 73.5 cm³/mol. The van der Waals surface area contributed by atoms with Gasteiger partial charge in [0, 0.05) is 11.1 Å². The van der Waals surface area contributed by atoms with Crippen LogP contribution in [0.25, 0.3) is 0 Å². The predicted octanol–water partition coefficient (Wildman–Crippen LogP) is 2.29. The first-order chi connectivity index (χ1) is 10.6. The minimum atomic E-state index is -1.15. The van der Waals surface area contributed by atoms with Gasteiger partial charge in [-0.2, -0.15) is 0 Å². The average molecular weight is 303 g/mol. The number of aliphatic hydroxyl groups excluding tert-OH is 1. The molecule has 6 heteroatoms. The Balaban J connectivity index is 2.02. The van der Waals surface area contributed by atoms with Crippen molar-refractivity contribution in [3.8, 4) is 5.75 Å². The van der Waals surface area contributed by atoms with Gasteiger partial charge >= 0.3 is 0 Å². The van der Waals surface area contributed by atoms with E-state index in [9.17, 15) is 18.7 Å². The standard InChI is InChI=1S/C16H11F2NO3/c17-11-5-4-8-10(14(11)18)6-19-13(20)7-22-12-3-1-2-9(15(12)19)16(8)21/h1-5,16,21H,6-7H2. The van der Waals surface area contributed by atoms with E-state index < -0.39 is 17.7 Å². The number of amides is 1. The Morgan fingerprint density at radius 1 is 1.18 bits per heavy atom. The molecular formula is C16H11F2NO3. The van der Waals surface area contributed by atoms with Crippen LogP contribution in [0.2, 0.25) is 0 Å². The number of anilines is 1. The van der Waals surface area contributed by atoms with Crippen molar-refractivity contribution >= 4 is 11.6 Å². The summed E-state index contributed by atoms with van der Waals surface area (Å²) in [6.45, 7) is -0.305. The summed E-state index contributed by atoms with van der Waals surface area (Å²) in [5, 5.41) is 10.6. The second-order valence-electron chi connectivity index (χ2n) is 5.29. The maximum Gasteiger partial charge on any atom is 0.265 e. The summed E-state index contributed by atoms with van der Waals surface area (Å²) in [5.41, 5.74) is 1.11. The quantitative estimate of drug-likeness (QED) is 0.812. The van der Waals surface area contributed by atoms with Crippen molar-refractivity contribution in [2.75, 3.05) is 11.5 Å². The number of hydrogen-bond donors (Lipinski definition) is 1. The number of carbonyl (C=O) groups excluding carboxylic acids is 1. The fourth-order valence-electron chi connectivity index (χ4n) is 3.02. The van der Waals surface area contributed by atoms with E-state index >= 15 is 0 Å². The number of benzene rings is 2. The minimum absolute atomic E-state index is 0.00935. The molecule has 2 aromatic rings. The Labute approximate surface area is 124 Å². The van der Waals surface area contributed by atoms with Crippen molar-refractivity contribution in [2.45, 2.75) is 12.6 Å². The zero-order valence-electron chi connectivity index (χ0n) is 11.3. The van der Waals surface area contributed by atoms with Crippen LogP contribution < -0.4 is 9.64 Å². The maximum atomic E-state index is 14.2. The first-order valence-electron chi connectivity index (χ1n) is 6.79. The normalized spacial score (nSPS) is 19.1. The topological polar surface area (TPSA) is 49.8 Å². The Hall–Kier alpha value is -2.47. The molecule has 0 fully saturated rings. The average Bonchev–Trinajstić information content (AvgIpc) is 2.65. The Bertz CT molecular complexity index is 806. The summed E-state index contributed by atoms with van der Waals surface area (Å²) in [7, 11) is 0. The number of aliphatic hydroxyl groups is 1. The van der Waals surface area contributed by atoms with E-state index in [0.29, 0.717) is 17.0 Å². The largest absolute Gasteiger partial charge is 0.482 e. The lowest BCUT2D eigenvalue weighted by molar-refractivity contribution is -0.121. The van der Waals surface area contributed by atoms with Gasteiger partial charge in [0.2, 0.25) is 0 Å². The number of para-hydroxylation sites is 1. The lowest BCUT2D eigenvalue weighted by atomic mass is 9.97. The van der Waals surface area contributed by atoms with Crippen LogP contribution in [-0.4, -0.2) is 17.6 Å². The second-order valence-corrected chi connectivity index (χ2v) is 5.29. The highest BCUT2D eigenvalue weighted by Gasteiger charge is 2.36. The lowest BCUT2D eigenvalue weighted by Crippen LogP contribution is -2.38. The molecular weight excluding hydrogens is 292 g/mol. The summed E-state index contributed by atoms with van der Waals surface area (Å²) in [6, 6.07) is 7.35. The van der Waals surface area contributed by atoms with Crippen molar-refractivity contribution in [3.63, 3.8) is 0 Å². The molecule has 0 saturated heterocycles. The summed E-state index contributed by atoms with van der Waals surface area (Å²) in [6.07, 6.45) is -1.15. The second kappa shape index (κ2) is 4.51. The van der Waals surface area contributed by atoms with Crippen LogP contribution in [0, 0.1) is 11.6 Å². The molecule has 112 valence electrons. The number of carbonyl (C=O) groups is 1. The third-order valence-corrected chi connectivity index (χ3v) is 4.09. The van der Waals surface area contributed by atoms with Crippen LogP contribution >= 0.6 is 0 Å². The van der Waals surface area contributed by atoms with E-state index in [2.05, 4.69) is 0 Å². The SMILES string of the molecule is O=C1COc2cccc3c2N1Cc1c(ccc(F)c1F)C3O. The Kier molecular flexibility index (Phi) is 2.71. The molecule has 0 saturated carbocycles. The van der Waals surface area contributed by atoms with Gasteiger partial charge < -0.3 is 14.7 Å². The Morgan fingerprint density at radius 3 is 2.82 bits per heavy atom. The summed E-state index contributed by atoms with van der Waals surface area (Å²) >= 11 is 0. The number of ether oxygens (including phenoxy) is 1. The summed E-state index contributed by atoms with van der Waals surface area (Å²) < 4.78 is 33.1. The fraction of sp³-hybridized carbons (Fsp3) is 0.188. The fourth-order valence-corrected chi connectivity index (χ4v) is 3.02. The molecule has 0 aliphatic carbocycles. The maximum absolute atomic E-state index is 14.2. The zero-order valence-corrected chi connectivity index (χ0v) is 11.3. The summed E-state index contributed by atoms with van der Waals surface area (Å²) in [4.78, 5) is 13.5. The number of nitrogens with zero attached hydrogens (tertiary/aromatic N) is 1. The molecule has 0 bridgehead atoms. The van der Waals surface area contributed by atoms with Crippen molar-refractivity contribution in [2.24, 2.45) is 0 Å². The van der Waals surface area contributed by atoms with Crippen LogP contribution in [0.3, 0.4) is 0 Å². The molecule has 2 aromatic carbocycles. The van der Waals surface area contributed by atoms with E-state index in [1.165, 1.54) is 11.0 Å². The van der Waals surface area contributed by atoms with E-state index in [1.807, 2.05) is 0 Å². The molecule has 2 aliphatic heterocycles. The van der Waals surface area contributed by atoms with Gasteiger partial charge in [-0.15, -0.1) is 0 Å². The highest BCUT2D eigenvalue weighted by Crippen LogP contribution is 2.44. The number of hydrogen-bond acceptors (Lipinski definition) is 3. The summed E-state index contributed by atoms with van der Waals surface area (Å²) in [5.74, 6) is -1.95. The van der Waals surface area contributed by atoms with Crippen molar-refractivity contribution in [1.82, 2.24) is 0 Å². The lowest BCUT2D eigenvalue weighted by Gasteiger charge is -2.30. The van der Waals surface area contributed by atoms with E-state index in [1.54, 1.807) is 18.2 Å². The molecule has 0 radical (unpaired) electrons. The highest BCUT2D eigenvalue weighted by molar-refractivity contribution is 5.99. The van der Waals surface area contributed by atoms with Crippen LogP contribution in [-0.2, 0) is 11.3 Å². The van der Waals surface area contributed by atoms with Gasteiger partial charge in [0.15, 0.2) is 18.2 Å². The van der Waals surface area contributed by atoms with Gasteiger partial charge in [-0.25, -0.2) is 8.78 Å². The van der Waals surface area contributed by atoms with E-state index in [0.717, 1.165) is 6.07 Å². The molecule has 4 nitrogen and oxygen atoms in total. The highest BCUT2D eigenvalue weighted by atomic mass is 19.2. The molecule has 2 heterocycles. The number of halogens is 2. The molecule has 22 heavy (non-hydrogen) atoms. The van der Waals surface area contributed by atoms with Crippen LogP contribution in [0.4, 0.5) is 14.5 Å². The monoisotopic (exact) mass is 303 g/mol. The van der Waals surface area contributed by atoms with Crippen molar-refractivity contribution in [1.29, 1.82) is 0 Å². The van der Waals surface area contributed by atoms with Crippen LogP contribution in [0.5, 0.6) is 5.75 Å². The van der Waals surface area contributed by atoms with Crippen molar-refractivity contribution < 1.29 is 23.4 Å². The third-order valence-electron chi connectivity index (χ3n) is 4.09. The number of fused-ring (bicyclic) bond motifs is 1. The van der Waals surface area contributed by atoms with E-state index in [-0.39, 0.29) is 30.2 Å². The van der Waals surface area contributed by atoms with Gasteiger partial charge in [-0.3, -0.25) is 4.79 Å². The molecule has 2 aliphatic rings. The molecule has 1 unspecified atom stereocenters. The van der Waals surface area contributed by atoms with Gasteiger partial charge in [0.25, 0.3) is 5.91 Å². The van der Waals surface area contributed by atoms with Crippen LogP contribution in [0.1, 0.15) is 22.8 Å². The Morgan fingerprint density at radius 2 is 2.00 bits per heavy atom. The third kappa shape index (κ3) is 1.67. The zero-order chi connectivity index (χ0) is 15.4. The molecule has 0 spiro atoms. The van der Waals surface area contributed by atoms with Crippen molar-refractivity contribution in [3.05, 3.63) is 58.7 Å². The number of rotatable bonds is 0. The first kappa shape index (κ1) is 13.2. The molecule has 1 amide bonds. The van der Waals surface area contributed by atoms with Gasteiger partial charge in [0.1, 0.15) is 11.9 Å². The van der Waals surface area contributed by atoms with E-state index in [4.69, 9.17) is 4.74 Å². The first-order valence-corrected chi connectivity index (χ1v) is 6.79.